The van der Waals surface area contributed by atoms with E-state index in [1.807, 2.05) is 24.3 Å². The van der Waals surface area contributed by atoms with E-state index in [0.29, 0.717) is 19.5 Å². The minimum Gasteiger partial charge on any atom is -0.392 e. The number of carbonyl (C=O) groups is 2. The van der Waals surface area contributed by atoms with Crippen molar-refractivity contribution in [1.82, 2.24) is 15.5 Å². The Hall–Kier alpha value is -3.56. The highest BCUT2D eigenvalue weighted by molar-refractivity contribution is 5.76. The highest BCUT2D eigenvalue weighted by Gasteiger charge is 2.33. The molecule has 0 aliphatic carbocycles. The number of hydrogen-bond acceptors (Lipinski definition) is 6. The number of carbonyl (C=O) groups excluding carboxylic acids is 2. The van der Waals surface area contributed by atoms with Gasteiger partial charge in [0.1, 0.15) is 0 Å². The molecule has 57 heavy (non-hydrogen) atoms. The summed E-state index contributed by atoms with van der Waals surface area (Å²) in [6.45, 7) is 10.3. The summed E-state index contributed by atoms with van der Waals surface area (Å²) in [4.78, 5) is 26.3. The zero-order valence-corrected chi connectivity index (χ0v) is 35.5. The van der Waals surface area contributed by atoms with E-state index in [1.54, 1.807) is 0 Å². The van der Waals surface area contributed by atoms with Gasteiger partial charge in [0.05, 0.1) is 18.8 Å². The number of rotatable bonds is 28. The molecule has 3 unspecified atom stereocenters. The van der Waals surface area contributed by atoms with E-state index in [9.17, 15) is 14.7 Å². The zero-order chi connectivity index (χ0) is 40.5. The maximum atomic E-state index is 12.6. The molecule has 3 aromatic carbocycles. The van der Waals surface area contributed by atoms with Gasteiger partial charge in [-0.2, -0.15) is 0 Å². The second-order valence-electron chi connectivity index (χ2n) is 16.1. The van der Waals surface area contributed by atoms with E-state index in [-0.39, 0.29) is 30.6 Å². The summed E-state index contributed by atoms with van der Waals surface area (Å²) in [5.74, 6) is 0.0251. The lowest BCUT2D eigenvalue weighted by Gasteiger charge is -2.38. The summed E-state index contributed by atoms with van der Waals surface area (Å²) in [6, 6.07) is 25.0. The summed E-state index contributed by atoms with van der Waals surface area (Å²) in [6.07, 6.45) is 18.7. The Morgan fingerprint density at radius 2 is 1.32 bits per heavy atom. The predicted molar refractivity (Wildman–Crippen MR) is 232 cm³/mol. The summed E-state index contributed by atoms with van der Waals surface area (Å²) in [5.41, 5.74) is 6.20. The number of ether oxygens (including phenoxy) is 2. The molecule has 314 valence electrons. The number of benzene rings is 3. The first kappa shape index (κ1) is 46.1. The molecule has 3 atom stereocenters. The lowest BCUT2D eigenvalue weighted by atomic mass is 9.98. The van der Waals surface area contributed by atoms with Gasteiger partial charge >= 0.3 is 0 Å². The molecule has 1 saturated heterocycles. The topological polar surface area (TPSA) is 100 Å². The Labute approximate surface area is 344 Å². The molecule has 8 heteroatoms. The van der Waals surface area contributed by atoms with Gasteiger partial charge in [-0.05, 0) is 78.7 Å². The molecule has 1 aliphatic rings. The molecule has 1 heterocycles. The first-order valence-corrected chi connectivity index (χ1v) is 22.3. The second kappa shape index (κ2) is 27.2. The molecule has 2 amide bonds. The van der Waals surface area contributed by atoms with Gasteiger partial charge < -0.3 is 30.1 Å². The second-order valence-corrected chi connectivity index (χ2v) is 16.1. The zero-order valence-electron chi connectivity index (χ0n) is 35.5. The van der Waals surface area contributed by atoms with Crippen LogP contribution < -0.4 is 10.6 Å². The van der Waals surface area contributed by atoms with Crippen molar-refractivity contribution in [3.63, 3.8) is 0 Å². The van der Waals surface area contributed by atoms with Gasteiger partial charge in [0.25, 0.3) is 0 Å². The van der Waals surface area contributed by atoms with Crippen LogP contribution in [0.15, 0.2) is 72.8 Å². The number of amides is 2. The van der Waals surface area contributed by atoms with Crippen LogP contribution in [-0.2, 0) is 32.2 Å². The minimum absolute atomic E-state index is 0.0132. The molecule has 0 spiro atoms. The highest BCUT2D eigenvalue weighted by Crippen LogP contribution is 2.39. The Balaban J connectivity index is 1.44. The van der Waals surface area contributed by atoms with Crippen molar-refractivity contribution in [2.45, 2.75) is 162 Å². The van der Waals surface area contributed by atoms with Crippen molar-refractivity contribution in [2.24, 2.45) is 0 Å². The van der Waals surface area contributed by atoms with E-state index in [0.717, 1.165) is 78.7 Å². The molecule has 0 aromatic heterocycles. The standard InChI is InChI=1S/C49H73N3O5/c1-4-6-8-10-12-17-31-52(32-18-13-11-9-7-5-2)37-46-35-47(42-28-26-40(38-53)27-29-42)57-49(56-46)45-24-20-23-44(34-45)43-22-19-21-41(33-43)36-51-48(55)25-15-14-16-30-50-39(3)54/h19-24,26-29,33-34,46-47,49,53H,4-18,25,30-32,35-38H2,1-3H3,(H,50,54)(H,51,55). The summed E-state index contributed by atoms with van der Waals surface area (Å²) < 4.78 is 13.7. The van der Waals surface area contributed by atoms with Crippen LogP contribution in [0.1, 0.15) is 165 Å². The van der Waals surface area contributed by atoms with Gasteiger partial charge in [0.2, 0.25) is 11.8 Å². The Kier molecular flexibility index (Phi) is 22.0. The Morgan fingerprint density at radius 3 is 1.98 bits per heavy atom. The molecule has 1 aliphatic heterocycles. The van der Waals surface area contributed by atoms with Crippen molar-refractivity contribution in [3.8, 4) is 11.1 Å². The number of aliphatic hydroxyl groups is 1. The van der Waals surface area contributed by atoms with Crippen molar-refractivity contribution in [3.05, 3.63) is 95.1 Å². The normalized spacial score (nSPS) is 16.8. The lowest BCUT2D eigenvalue weighted by Crippen LogP contribution is -2.40. The summed E-state index contributed by atoms with van der Waals surface area (Å²) in [5, 5.41) is 15.6. The Morgan fingerprint density at radius 1 is 0.684 bits per heavy atom. The lowest BCUT2D eigenvalue weighted by molar-refractivity contribution is -0.253. The number of nitrogens with one attached hydrogen (secondary N) is 2. The molecule has 1 fully saturated rings. The van der Waals surface area contributed by atoms with Crippen LogP contribution in [0.25, 0.3) is 11.1 Å². The first-order chi connectivity index (χ1) is 27.9. The van der Waals surface area contributed by atoms with Gasteiger partial charge in [-0.15, -0.1) is 0 Å². The number of hydrogen-bond donors (Lipinski definition) is 3. The minimum atomic E-state index is -0.517. The maximum Gasteiger partial charge on any atom is 0.220 e. The van der Waals surface area contributed by atoms with E-state index in [1.165, 1.54) is 84.0 Å². The maximum absolute atomic E-state index is 12.6. The van der Waals surface area contributed by atoms with E-state index < -0.39 is 6.29 Å². The molecule has 0 radical (unpaired) electrons. The first-order valence-electron chi connectivity index (χ1n) is 22.3. The fraction of sp³-hybridized carbons (Fsp3) is 0.592. The van der Waals surface area contributed by atoms with Crippen LogP contribution in [0, 0.1) is 0 Å². The third kappa shape index (κ3) is 17.9. The van der Waals surface area contributed by atoms with E-state index in [4.69, 9.17) is 9.47 Å². The molecular formula is C49H73N3O5. The third-order valence-corrected chi connectivity index (χ3v) is 11.1. The molecule has 8 nitrogen and oxygen atoms in total. The number of unbranched alkanes of at least 4 members (excludes halogenated alkanes) is 12. The summed E-state index contributed by atoms with van der Waals surface area (Å²) >= 11 is 0. The van der Waals surface area contributed by atoms with Crippen LogP contribution >= 0.6 is 0 Å². The average Bonchev–Trinajstić information content (AvgIpc) is 3.23. The molecule has 3 aromatic rings. The van der Waals surface area contributed by atoms with Crippen LogP contribution in [-0.4, -0.2) is 54.1 Å². The summed E-state index contributed by atoms with van der Waals surface area (Å²) in [7, 11) is 0. The quantitative estimate of drug-likeness (QED) is 0.0634. The average molecular weight is 784 g/mol. The molecular weight excluding hydrogens is 711 g/mol. The Bertz CT molecular complexity index is 1550. The van der Waals surface area contributed by atoms with Crippen LogP contribution in [0.5, 0.6) is 0 Å². The third-order valence-electron chi connectivity index (χ3n) is 11.1. The van der Waals surface area contributed by atoms with Crippen molar-refractivity contribution in [2.75, 3.05) is 26.2 Å². The monoisotopic (exact) mass is 784 g/mol. The van der Waals surface area contributed by atoms with E-state index in [2.05, 4.69) is 77.9 Å². The van der Waals surface area contributed by atoms with Crippen molar-refractivity contribution >= 4 is 11.8 Å². The SMILES string of the molecule is CCCCCCCCN(CCCCCCCC)CC1CC(c2ccc(CO)cc2)OC(c2cccc(-c3cccc(CNC(=O)CCCCCNC(C)=O)c3)c2)O1. The van der Waals surface area contributed by atoms with Crippen molar-refractivity contribution in [1.29, 1.82) is 0 Å². The fourth-order valence-electron chi connectivity index (χ4n) is 7.71. The fourth-order valence-corrected chi connectivity index (χ4v) is 7.71. The molecule has 0 bridgehead atoms. The largest absolute Gasteiger partial charge is 0.392 e. The molecule has 0 saturated carbocycles. The van der Waals surface area contributed by atoms with Crippen LogP contribution in [0.2, 0.25) is 0 Å². The van der Waals surface area contributed by atoms with Crippen molar-refractivity contribution < 1.29 is 24.2 Å². The smallest absolute Gasteiger partial charge is 0.220 e. The van der Waals surface area contributed by atoms with Gasteiger partial charge in [0.15, 0.2) is 6.29 Å². The number of nitrogens with zero attached hydrogens (tertiary/aromatic N) is 1. The van der Waals surface area contributed by atoms with Gasteiger partial charge in [-0.25, -0.2) is 0 Å². The molecule has 4 rings (SSSR count). The number of aliphatic hydroxyl groups excluding tert-OH is 1. The van der Waals surface area contributed by atoms with Gasteiger partial charge in [-0.3, -0.25) is 9.59 Å². The molecule has 3 N–H and O–H groups in total. The van der Waals surface area contributed by atoms with Gasteiger partial charge in [-0.1, -0.05) is 145 Å². The predicted octanol–water partition coefficient (Wildman–Crippen LogP) is 10.7. The van der Waals surface area contributed by atoms with Gasteiger partial charge in [0, 0.05) is 45.0 Å². The highest BCUT2D eigenvalue weighted by atomic mass is 16.7. The van der Waals surface area contributed by atoms with Crippen LogP contribution in [0.3, 0.4) is 0 Å². The van der Waals surface area contributed by atoms with E-state index >= 15 is 0 Å². The van der Waals surface area contributed by atoms with Crippen LogP contribution in [0.4, 0.5) is 0 Å².